The lowest BCUT2D eigenvalue weighted by molar-refractivity contribution is -0.137. The van der Waals surface area contributed by atoms with Crippen LogP contribution in [0.2, 0.25) is 0 Å². The molecule has 1 aromatic carbocycles. The second-order valence-electron chi connectivity index (χ2n) is 13.3. The van der Waals surface area contributed by atoms with Gasteiger partial charge in [-0.25, -0.2) is 4.79 Å². The molecule has 0 bridgehead atoms. The quantitative estimate of drug-likeness (QED) is 0.341. The summed E-state index contributed by atoms with van der Waals surface area (Å²) in [4.78, 5) is 44.0. The highest BCUT2D eigenvalue weighted by molar-refractivity contribution is 6.03. The van der Waals surface area contributed by atoms with Crippen molar-refractivity contribution in [3.8, 4) is 5.75 Å². The first-order valence-corrected chi connectivity index (χ1v) is 17.1. The first kappa shape index (κ1) is 36.2. The number of carbonyl (C=O) groups is 3. The van der Waals surface area contributed by atoms with Crippen LogP contribution in [0.1, 0.15) is 93.9 Å². The summed E-state index contributed by atoms with van der Waals surface area (Å²) in [7, 11) is 1.85. The van der Waals surface area contributed by atoms with Crippen LogP contribution >= 0.6 is 0 Å². The highest BCUT2D eigenvalue weighted by atomic mass is 16.5. The van der Waals surface area contributed by atoms with E-state index in [-0.39, 0.29) is 54.6 Å². The lowest BCUT2D eigenvalue weighted by Gasteiger charge is -2.36. The summed E-state index contributed by atoms with van der Waals surface area (Å²) in [6.07, 6.45) is 7.20. The van der Waals surface area contributed by atoms with Crippen molar-refractivity contribution in [3.05, 3.63) is 35.2 Å². The highest BCUT2D eigenvalue weighted by Gasteiger charge is 2.32. The van der Waals surface area contributed by atoms with Crippen molar-refractivity contribution < 1.29 is 33.5 Å². The number of fused-ring (bicyclic) bond motifs is 1. The van der Waals surface area contributed by atoms with E-state index in [1.165, 1.54) is 6.42 Å². The molecule has 0 radical (unpaired) electrons. The molecule has 1 aliphatic heterocycles. The Bertz CT molecular complexity index is 1340. The van der Waals surface area contributed by atoms with Gasteiger partial charge in [0.1, 0.15) is 17.1 Å². The number of urea groups is 1. The number of aliphatic hydroxyl groups is 1. The van der Waals surface area contributed by atoms with Gasteiger partial charge in [0.25, 0.3) is 5.91 Å². The van der Waals surface area contributed by atoms with Gasteiger partial charge in [0.2, 0.25) is 5.91 Å². The second kappa shape index (κ2) is 17.0. The van der Waals surface area contributed by atoms with Gasteiger partial charge in [-0.2, -0.15) is 0 Å². The van der Waals surface area contributed by atoms with Crippen LogP contribution in [-0.2, 0) is 9.53 Å². The number of hydrogen-bond acceptors (Lipinski definition) is 8. The predicted octanol–water partition coefficient (Wildman–Crippen LogP) is 5.77. The fraction of sp³-hybridized carbons (Fsp3) is 0.657. The summed E-state index contributed by atoms with van der Waals surface area (Å²) in [6.45, 7) is 10.2. The molecule has 4 amide bonds. The Labute approximate surface area is 278 Å². The summed E-state index contributed by atoms with van der Waals surface area (Å²) >= 11 is 0. The zero-order valence-corrected chi connectivity index (χ0v) is 28.8. The lowest BCUT2D eigenvalue weighted by Crippen LogP contribution is -2.48. The molecule has 4 rings (SSSR count). The predicted molar refractivity (Wildman–Crippen MR) is 180 cm³/mol. The van der Waals surface area contributed by atoms with Gasteiger partial charge in [0.15, 0.2) is 5.76 Å². The number of likely N-dealkylation sites (N-methyl/N-ethyl adjacent to an activating group) is 1. The number of amides is 4. The molecule has 3 N–H and O–H groups in total. The maximum absolute atomic E-state index is 14.4. The molecule has 2 aliphatic rings. The van der Waals surface area contributed by atoms with Crippen LogP contribution in [0.3, 0.4) is 0 Å². The van der Waals surface area contributed by atoms with Crippen LogP contribution in [0.25, 0.3) is 0 Å². The van der Waals surface area contributed by atoms with E-state index in [0.29, 0.717) is 41.7 Å². The number of nitrogens with one attached hydrogen (secondary N) is 2. The van der Waals surface area contributed by atoms with Crippen LogP contribution in [0.5, 0.6) is 5.75 Å². The van der Waals surface area contributed by atoms with Crippen molar-refractivity contribution >= 4 is 29.2 Å². The number of hydrogen-bond donors (Lipinski definition) is 3. The Kier molecular flexibility index (Phi) is 13.1. The molecule has 2 heterocycles. The molecule has 1 saturated carbocycles. The van der Waals surface area contributed by atoms with Gasteiger partial charge in [0, 0.05) is 44.3 Å². The Morgan fingerprint density at radius 3 is 2.49 bits per heavy atom. The smallest absolute Gasteiger partial charge is 0.323 e. The van der Waals surface area contributed by atoms with Crippen LogP contribution in [0, 0.1) is 25.7 Å². The molecule has 12 nitrogen and oxygen atoms in total. The van der Waals surface area contributed by atoms with Crippen LogP contribution in [0.15, 0.2) is 22.7 Å². The number of carbonyl (C=O) groups excluding carboxylic acids is 3. The number of nitrogens with zero attached hydrogens (tertiary/aromatic N) is 3. The summed E-state index contributed by atoms with van der Waals surface area (Å²) in [6, 6.07) is 3.98. The van der Waals surface area contributed by atoms with E-state index < -0.39 is 12.1 Å². The topological polar surface area (TPSA) is 146 Å². The van der Waals surface area contributed by atoms with Crippen molar-refractivity contribution in [3.63, 3.8) is 0 Å². The minimum Gasteiger partial charge on any atom is -0.490 e. The van der Waals surface area contributed by atoms with Gasteiger partial charge in [0.05, 0.1) is 30.4 Å². The van der Waals surface area contributed by atoms with Gasteiger partial charge in [-0.05, 0) is 78.0 Å². The van der Waals surface area contributed by atoms with E-state index in [0.717, 1.165) is 44.9 Å². The number of ether oxygens (including phenoxy) is 2. The third-order valence-electron chi connectivity index (χ3n) is 9.37. The summed E-state index contributed by atoms with van der Waals surface area (Å²) in [5.41, 5.74) is 1.70. The minimum absolute atomic E-state index is 0.0577. The summed E-state index contributed by atoms with van der Waals surface area (Å²) in [5, 5.41) is 19.7. The standard InChI is InChI=1S/C35H53N5O7/c1-22-19-40(23(2)21-41)34(43)29-18-28(36-35(44)37-32-25(4)38-47-26(32)5)15-16-30(29)46-24(3)12-10-11-17-45-31(22)20-39(6)33(42)27-13-8-7-9-14-27/h15-16,18,22-24,27,31,41H,7-14,17,19-21H2,1-6H3,(H2,36,37,44)/t22-,23-,24-,31+/m1/s1. The van der Waals surface area contributed by atoms with Gasteiger partial charge >= 0.3 is 6.03 Å². The SMILES string of the molecule is Cc1noc(C)c1NC(=O)Nc1ccc2c(c1)C(=O)N([C@H](C)CO)C[C@@H](C)[C@H](CN(C)C(=O)C1CCCCC1)OCCCC[C@@H](C)O2. The molecule has 4 atom stereocenters. The number of aliphatic hydroxyl groups excluding tert-OH is 1. The minimum atomic E-state index is -0.511. The second-order valence-corrected chi connectivity index (χ2v) is 13.3. The van der Waals surface area contributed by atoms with Crippen molar-refractivity contribution in [1.29, 1.82) is 0 Å². The first-order chi connectivity index (χ1) is 22.5. The van der Waals surface area contributed by atoms with Crippen molar-refractivity contribution in [2.24, 2.45) is 11.8 Å². The molecule has 1 fully saturated rings. The Morgan fingerprint density at radius 2 is 1.81 bits per heavy atom. The number of aromatic nitrogens is 1. The molecule has 260 valence electrons. The van der Waals surface area contributed by atoms with Crippen molar-refractivity contribution in [2.75, 3.05) is 44.0 Å². The molecule has 47 heavy (non-hydrogen) atoms. The molecular weight excluding hydrogens is 602 g/mol. The molecule has 12 heteroatoms. The molecule has 2 aromatic rings. The normalized spacial score (nSPS) is 22.4. The number of rotatable bonds is 7. The molecule has 1 aromatic heterocycles. The zero-order chi connectivity index (χ0) is 34.1. The molecule has 0 saturated heterocycles. The van der Waals surface area contributed by atoms with Crippen LogP contribution < -0.4 is 15.4 Å². The molecule has 1 aliphatic carbocycles. The number of aryl methyl sites for hydroxylation is 2. The van der Waals surface area contributed by atoms with E-state index >= 15 is 0 Å². The monoisotopic (exact) mass is 655 g/mol. The Balaban J connectivity index is 1.59. The Hall–Kier alpha value is -3.64. The molecular formula is C35H53N5O7. The van der Waals surface area contributed by atoms with Gasteiger partial charge in [-0.1, -0.05) is 31.3 Å². The van der Waals surface area contributed by atoms with Crippen LogP contribution in [0.4, 0.5) is 16.2 Å². The molecule has 0 unspecified atom stereocenters. The van der Waals surface area contributed by atoms with Gasteiger partial charge in [-0.3, -0.25) is 9.59 Å². The maximum atomic E-state index is 14.4. The van der Waals surface area contributed by atoms with Gasteiger partial charge < -0.3 is 39.5 Å². The third kappa shape index (κ3) is 9.70. The molecule has 0 spiro atoms. The largest absolute Gasteiger partial charge is 0.490 e. The van der Waals surface area contributed by atoms with Gasteiger partial charge in [-0.15, -0.1) is 0 Å². The third-order valence-corrected chi connectivity index (χ3v) is 9.37. The van der Waals surface area contributed by atoms with E-state index in [1.807, 2.05) is 20.9 Å². The average molecular weight is 656 g/mol. The van der Waals surface area contributed by atoms with Crippen LogP contribution in [-0.4, -0.2) is 89.5 Å². The fourth-order valence-electron chi connectivity index (χ4n) is 6.42. The first-order valence-electron chi connectivity index (χ1n) is 17.1. The number of anilines is 2. The maximum Gasteiger partial charge on any atom is 0.323 e. The van der Waals surface area contributed by atoms with E-state index in [4.69, 9.17) is 14.0 Å². The lowest BCUT2D eigenvalue weighted by atomic mass is 9.88. The summed E-state index contributed by atoms with van der Waals surface area (Å²) in [5.74, 6) is 0.622. The number of benzene rings is 1. The zero-order valence-electron chi connectivity index (χ0n) is 28.8. The van der Waals surface area contributed by atoms with E-state index in [2.05, 4.69) is 15.8 Å². The highest BCUT2D eigenvalue weighted by Crippen LogP contribution is 2.30. The fourth-order valence-corrected chi connectivity index (χ4v) is 6.42. The van der Waals surface area contributed by atoms with E-state index in [1.54, 1.807) is 48.8 Å². The average Bonchev–Trinajstić information content (AvgIpc) is 3.37. The van der Waals surface area contributed by atoms with E-state index in [9.17, 15) is 19.5 Å². The Morgan fingerprint density at radius 1 is 1.09 bits per heavy atom. The van der Waals surface area contributed by atoms with Crippen molar-refractivity contribution in [2.45, 2.75) is 104 Å². The van der Waals surface area contributed by atoms with Crippen molar-refractivity contribution in [1.82, 2.24) is 15.0 Å². The summed E-state index contributed by atoms with van der Waals surface area (Å²) < 4.78 is 17.9.